The smallest absolute Gasteiger partial charge is 0.309 e. The van der Waals surface area contributed by atoms with Crippen LogP contribution in [0.25, 0.3) is 6.08 Å². The van der Waals surface area contributed by atoms with Crippen molar-refractivity contribution in [1.82, 2.24) is 0 Å². The van der Waals surface area contributed by atoms with Crippen LogP contribution in [0.4, 0.5) is 0 Å². The summed E-state index contributed by atoms with van der Waals surface area (Å²) < 4.78 is 5.29. The van der Waals surface area contributed by atoms with E-state index in [0.29, 0.717) is 6.61 Å². The second kappa shape index (κ2) is 8.79. The lowest BCUT2D eigenvalue weighted by molar-refractivity contribution is -0.144. The Bertz CT molecular complexity index is 696. The number of esters is 1. The van der Waals surface area contributed by atoms with Gasteiger partial charge >= 0.3 is 5.97 Å². The molecule has 25 heavy (non-hydrogen) atoms. The van der Waals surface area contributed by atoms with E-state index < -0.39 is 19.7 Å². The Morgan fingerprint density at radius 3 is 2.20 bits per heavy atom. The maximum atomic E-state index is 12.6. The minimum absolute atomic E-state index is 0.309. The molecule has 4 heteroatoms. The molecule has 0 aliphatic rings. The van der Waals surface area contributed by atoms with Crippen LogP contribution in [0.1, 0.15) is 12.5 Å². The van der Waals surface area contributed by atoms with Crippen molar-refractivity contribution >= 4 is 25.3 Å². The Hall–Kier alpha value is -2.17. The van der Waals surface area contributed by atoms with Crippen LogP contribution < -0.4 is 5.19 Å². The number of hydrogen-bond donors (Lipinski definition) is 1. The Balaban J connectivity index is 2.32. The lowest BCUT2D eigenvalue weighted by Crippen LogP contribution is -2.52. The van der Waals surface area contributed by atoms with E-state index in [-0.39, 0.29) is 5.97 Å². The largest absolute Gasteiger partial charge is 0.466 e. The van der Waals surface area contributed by atoms with Crippen LogP contribution in [0, 0.1) is 0 Å². The van der Waals surface area contributed by atoms with E-state index in [9.17, 15) is 9.90 Å². The van der Waals surface area contributed by atoms with Gasteiger partial charge in [-0.05, 0) is 12.5 Å². The zero-order chi connectivity index (χ0) is 18.3. The first kappa shape index (κ1) is 19.2. The number of carbonyl (C=O) groups is 1. The minimum atomic E-state index is -2.29. The molecule has 0 fully saturated rings. The summed E-state index contributed by atoms with van der Waals surface area (Å²) in [4.78, 5) is 12.6. The lowest BCUT2D eigenvalue weighted by atomic mass is 10.1. The van der Waals surface area contributed by atoms with Crippen molar-refractivity contribution in [2.45, 2.75) is 31.7 Å². The number of aliphatic hydroxyl groups excluding tert-OH is 1. The second-order valence-corrected chi connectivity index (χ2v) is 11.2. The van der Waals surface area contributed by atoms with Gasteiger partial charge in [-0.3, -0.25) is 4.79 Å². The molecule has 0 aromatic heterocycles. The Labute approximate surface area is 151 Å². The van der Waals surface area contributed by atoms with Gasteiger partial charge in [0.1, 0.15) is 0 Å². The Morgan fingerprint density at radius 2 is 1.64 bits per heavy atom. The highest BCUT2D eigenvalue weighted by Crippen LogP contribution is 2.28. The number of benzene rings is 2. The van der Waals surface area contributed by atoms with E-state index in [1.807, 2.05) is 66.7 Å². The van der Waals surface area contributed by atoms with Crippen LogP contribution in [-0.2, 0) is 9.53 Å². The summed E-state index contributed by atoms with van der Waals surface area (Å²) in [7, 11) is -2.29. The number of carbonyl (C=O) groups excluding carboxylic acids is 1. The molecule has 0 bridgehead atoms. The molecule has 2 aromatic rings. The van der Waals surface area contributed by atoms with Gasteiger partial charge in [-0.2, -0.15) is 0 Å². The molecule has 0 saturated carbocycles. The topological polar surface area (TPSA) is 46.5 Å². The summed E-state index contributed by atoms with van der Waals surface area (Å²) in [5.41, 5.74) is 0.429. The third-order valence-electron chi connectivity index (χ3n) is 4.46. The molecule has 132 valence electrons. The van der Waals surface area contributed by atoms with E-state index >= 15 is 0 Å². The van der Waals surface area contributed by atoms with Gasteiger partial charge in [-0.15, -0.1) is 0 Å². The number of ether oxygens (including phenoxy) is 1. The monoisotopic (exact) mass is 354 g/mol. The highest BCUT2D eigenvalue weighted by Gasteiger charge is 2.43. The van der Waals surface area contributed by atoms with Gasteiger partial charge in [0, 0.05) is 0 Å². The van der Waals surface area contributed by atoms with Gasteiger partial charge in [0.2, 0.25) is 0 Å². The summed E-state index contributed by atoms with van der Waals surface area (Å²) in [6.07, 6.45) is 2.67. The predicted molar refractivity (Wildman–Crippen MR) is 105 cm³/mol. The molecule has 0 aliphatic carbocycles. The fourth-order valence-corrected chi connectivity index (χ4v) is 6.07. The van der Waals surface area contributed by atoms with E-state index in [2.05, 4.69) is 13.1 Å². The van der Waals surface area contributed by atoms with E-state index in [0.717, 1.165) is 10.8 Å². The van der Waals surface area contributed by atoms with Crippen LogP contribution >= 0.6 is 0 Å². The summed E-state index contributed by atoms with van der Waals surface area (Å²) in [5, 5.41) is 11.9. The molecule has 0 heterocycles. The average molecular weight is 355 g/mol. The molecule has 3 nitrogen and oxygen atoms in total. The fraction of sp³-hybridized carbons (Fsp3) is 0.286. The highest BCUT2D eigenvalue weighted by molar-refractivity contribution is 6.93. The Morgan fingerprint density at radius 1 is 1.08 bits per heavy atom. The van der Waals surface area contributed by atoms with Gasteiger partial charge in [-0.25, -0.2) is 0 Å². The number of hydrogen-bond acceptors (Lipinski definition) is 3. The summed E-state index contributed by atoms with van der Waals surface area (Å²) in [5.74, 6) is -0.326. The van der Waals surface area contributed by atoms with Crippen molar-refractivity contribution in [2.24, 2.45) is 0 Å². The first-order valence-corrected chi connectivity index (χ1v) is 11.7. The van der Waals surface area contributed by atoms with Crippen molar-refractivity contribution in [3.8, 4) is 0 Å². The van der Waals surface area contributed by atoms with Crippen molar-refractivity contribution in [1.29, 1.82) is 0 Å². The van der Waals surface area contributed by atoms with Crippen molar-refractivity contribution in [2.75, 3.05) is 6.61 Å². The van der Waals surface area contributed by atoms with Gasteiger partial charge in [0.05, 0.1) is 26.3 Å². The zero-order valence-electron chi connectivity index (χ0n) is 15.1. The van der Waals surface area contributed by atoms with Crippen molar-refractivity contribution < 1.29 is 14.6 Å². The molecule has 2 atom stereocenters. The molecule has 0 spiro atoms. The third-order valence-corrected chi connectivity index (χ3v) is 8.42. The normalized spacial score (nSPS) is 14.2. The summed E-state index contributed by atoms with van der Waals surface area (Å²) >= 11 is 0. The molecule has 0 amide bonds. The number of rotatable bonds is 7. The summed E-state index contributed by atoms with van der Waals surface area (Å²) in [6.45, 7) is 6.30. The van der Waals surface area contributed by atoms with Crippen LogP contribution in [0.5, 0.6) is 0 Å². The average Bonchev–Trinajstić information content (AvgIpc) is 2.62. The molecule has 0 aliphatic heterocycles. The SMILES string of the molecule is CCOC(=O)[C@@H]([C@H](O)/C=C/c1ccccc1)[Si](C)(C)c1ccccc1. The Kier molecular flexibility index (Phi) is 6.73. The molecule has 0 radical (unpaired) electrons. The zero-order valence-corrected chi connectivity index (χ0v) is 16.1. The number of aliphatic hydroxyl groups is 1. The molecule has 1 N–H and O–H groups in total. The van der Waals surface area contributed by atoms with Gasteiger partial charge in [-0.1, -0.05) is 91.1 Å². The van der Waals surface area contributed by atoms with Gasteiger partial charge < -0.3 is 9.84 Å². The van der Waals surface area contributed by atoms with E-state index in [1.54, 1.807) is 13.0 Å². The van der Waals surface area contributed by atoms with E-state index in [4.69, 9.17) is 4.74 Å². The second-order valence-electron chi connectivity index (χ2n) is 6.58. The van der Waals surface area contributed by atoms with E-state index in [1.165, 1.54) is 0 Å². The van der Waals surface area contributed by atoms with Crippen LogP contribution in [0.15, 0.2) is 66.7 Å². The molecular formula is C21H26O3Si. The molecule has 0 saturated heterocycles. The first-order chi connectivity index (χ1) is 12.0. The van der Waals surface area contributed by atoms with Gasteiger partial charge in [0.15, 0.2) is 0 Å². The quantitative estimate of drug-likeness (QED) is 0.610. The summed E-state index contributed by atoms with van der Waals surface area (Å²) in [6, 6.07) is 19.7. The lowest BCUT2D eigenvalue weighted by Gasteiger charge is -2.33. The first-order valence-electron chi connectivity index (χ1n) is 8.60. The third kappa shape index (κ3) is 4.90. The van der Waals surface area contributed by atoms with Crippen molar-refractivity contribution in [3.05, 3.63) is 72.3 Å². The van der Waals surface area contributed by atoms with Crippen LogP contribution in [-0.4, -0.2) is 31.9 Å². The molecular weight excluding hydrogens is 328 g/mol. The molecule has 2 rings (SSSR count). The predicted octanol–water partition coefficient (Wildman–Crippen LogP) is 3.61. The van der Waals surface area contributed by atoms with Crippen LogP contribution in [0.2, 0.25) is 18.6 Å². The van der Waals surface area contributed by atoms with Crippen molar-refractivity contribution in [3.63, 3.8) is 0 Å². The maximum absolute atomic E-state index is 12.6. The minimum Gasteiger partial charge on any atom is -0.466 e. The molecule has 2 aromatic carbocycles. The fourth-order valence-electron chi connectivity index (χ4n) is 3.03. The van der Waals surface area contributed by atoms with Crippen LogP contribution in [0.3, 0.4) is 0 Å². The standard InChI is InChI=1S/C21H26O3Si/c1-4-24-21(23)20(25(2,3)18-13-9-6-10-14-18)19(22)16-15-17-11-7-5-8-12-17/h5-16,19-20,22H,4H2,1-3H3/b16-15+/t19-,20-/m1/s1. The highest BCUT2D eigenvalue weighted by atomic mass is 28.3. The maximum Gasteiger partial charge on any atom is 0.309 e. The van der Waals surface area contributed by atoms with Gasteiger partial charge in [0.25, 0.3) is 0 Å². The molecule has 0 unspecified atom stereocenters.